The van der Waals surface area contributed by atoms with E-state index in [1.807, 2.05) is 12.1 Å². The number of hydrogen-bond acceptors (Lipinski definition) is 2. The van der Waals surface area contributed by atoms with Gasteiger partial charge in [-0.1, -0.05) is 48.5 Å². The topological polar surface area (TPSA) is 46.3 Å². The Kier molecular flexibility index (Phi) is 3.05. The van der Waals surface area contributed by atoms with Gasteiger partial charge in [0.25, 0.3) is 0 Å². The highest BCUT2D eigenvalue weighted by molar-refractivity contribution is 5.76. The molecule has 0 bridgehead atoms. The van der Waals surface area contributed by atoms with Crippen LogP contribution in [-0.2, 0) is 17.9 Å². The number of amides is 1. The van der Waals surface area contributed by atoms with Gasteiger partial charge in [0.2, 0.25) is 5.91 Å². The molecule has 2 N–H and O–H groups in total. The molecule has 0 radical (unpaired) electrons. The van der Waals surface area contributed by atoms with Crippen LogP contribution >= 0.6 is 0 Å². The number of rotatable bonds is 2. The van der Waals surface area contributed by atoms with Crippen molar-refractivity contribution in [2.24, 2.45) is 5.73 Å². The Hall–Kier alpha value is -2.13. The van der Waals surface area contributed by atoms with E-state index in [0.29, 0.717) is 6.54 Å². The van der Waals surface area contributed by atoms with Crippen molar-refractivity contribution in [3.8, 4) is 11.1 Å². The van der Waals surface area contributed by atoms with Crippen molar-refractivity contribution in [3.63, 3.8) is 0 Å². The Morgan fingerprint density at radius 1 is 0.947 bits per heavy atom. The lowest BCUT2D eigenvalue weighted by atomic mass is 9.97. The van der Waals surface area contributed by atoms with Crippen LogP contribution in [0.25, 0.3) is 11.1 Å². The van der Waals surface area contributed by atoms with Crippen LogP contribution in [0.5, 0.6) is 0 Å². The Morgan fingerprint density at radius 3 is 1.89 bits per heavy atom. The maximum absolute atomic E-state index is 11.2. The summed E-state index contributed by atoms with van der Waals surface area (Å²) >= 11 is 0. The molecule has 1 amide bonds. The Labute approximate surface area is 112 Å². The lowest BCUT2D eigenvalue weighted by molar-refractivity contribution is -0.119. The first-order valence-electron chi connectivity index (χ1n) is 6.41. The summed E-state index contributed by atoms with van der Waals surface area (Å²) in [7, 11) is 0. The van der Waals surface area contributed by atoms with Crippen molar-refractivity contribution < 1.29 is 4.79 Å². The Morgan fingerprint density at radius 2 is 1.42 bits per heavy atom. The molecule has 2 aromatic rings. The third-order valence-corrected chi connectivity index (χ3v) is 3.49. The zero-order valence-corrected chi connectivity index (χ0v) is 10.7. The molecule has 2 aromatic carbocycles. The molecule has 0 spiro atoms. The minimum absolute atomic E-state index is 0.281. The monoisotopic (exact) mass is 252 g/mol. The predicted molar refractivity (Wildman–Crippen MR) is 75.2 cm³/mol. The molecular weight excluding hydrogens is 236 g/mol. The van der Waals surface area contributed by atoms with E-state index >= 15 is 0 Å². The van der Waals surface area contributed by atoms with Crippen LogP contribution in [0, 0.1) is 0 Å². The summed E-state index contributed by atoms with van der Waals surface area (Å²) in [5.41, 5.74) is 10.3. The fraction of sp³-hybridized carbons (Fsp3) is 0.188. The lowest BCUT2D eigenvalue weighted by Crippen LogP contribution is -2.32. The van der Waals surface area contributed by atoms with Crippen LogP contribution in [0.3, 0.4) is 0 Å². The number of benzene rings is 2. The second kappa shape index (κ2) is 4.86. The van der Waals surface area contributed by atoms with Crippen LogP contribution in [0.15, 0.2) is 48.5 Å². The molecule has 3 heteroatoms. The zero-order chi connectivity index (χ0) is 13.2. The highest BCUT2D eigenvalue weighted by atomic mass is 16.1. The zero-order valence-electron chi connectivity index (χ0n) is 10.7. The third kappa shape index (κ3) is 2.37. The fourth-order valence-electron chi connectivity index (χ4n) is 2.71. The van der Waals surface area contributed by atoms with E-state index < -0.39 is 0 Å². The number of nitrogens with two attached hydrogens (primary N) is 1. The highest BCUT2D eigenvalue weighted by Gasteiger charge is 2.19. The predicted octanol–water partition coefficient (Wildman–Crippen LogP) is 2.15. The quantitative estimate of drug-likeness (QED) is 0.890. The van der Waals surface area contributed by atoms with Gasteiger partial charge < -0.3 is 5.73 Å². The summed E-state index contributed by atoms with van der Waals surface area (Å²) in [6.45, 7) is 1.81. The SMILES string of the molecule is NC(=O)CN1Cc2ccccc2-c2ccccc2C1. The van der Waals surface area contributed by atoms with Crippen LogP contribution < -0.4 is 5.73 Å². The van der Waals surface area contributed by atoms with Crippen molar-refractivity contribution in [2.75, 3.05) is 6.54 Å². The van der Waals surface area contributed by atoms with Crippen LogP contribution in [0.1, 0.15) is 11.1 Å². The number of nitrogens with zero attached hydrogens (tertiary/aromatic N) is 1. The molecule has 0 saturated carbocycles. The van der Waals surface area contributed by atoms with Gasteiger partial charge in [-0.2, -0.15) is 0 Å². The van der Waals surface area contributed by atoms with Gasteiger partial charge in [-0.25, -0.2) is 0 Å². The van der Waals surface area contributed by atoms with Crippen molar-refractivity contribution in [3.05, 3.63) is 59.7 Å². The van der Waals surface area contributed by atoms with Gasteiger partial charge in [0.15, 0.2) is 0 Å². The van der Waals surface area contributed by atoms with Crippen LogP contribution in [0.2, 0.25) is 0 Å². The molecule has 1 aliphatic rings. The molecule has 0 aromatic heterocycles. The molecule has 0 aliphatic carbocycles. The summed E-state index contributed by atoms with van der Waals surface area (Å²) in [6, 6.07) is 16.7. The molecule has 0 fully saturated rings. The largest absolute Gasteiger partial charge is 0.369 e. The normalized spacial score (nSPS) is 14.3. The number of primary amides is 1. The van der Waals surface area contributed by atoms with E-state index in [1.54, 1.807) is 0 Å². The smallest absolute Gasteiger partial charge is 0.231 e. The Bertz CT molecular complexity index is 574. The summed E-state index contributed by atoms with van der Waals surface area (Å²) in [6.07, 6.45) is 0. The first-order chi connectivity index (χ1) is 9.24. The third-order valence-electron chi connectivity index (χ3n) is 3.49. The maximum atomic E-state index is 11.2. The average Bonchev–Trinajstić information content (AvgIpc) is 2.54. The number of fused-ring (bicyclic) bond motifs is 3. The van der Waals surface area contributed by atoms with E-state index in [0.717, 1.165) is 13.1 Å². The van der Waals surface area contributed by atoms with E-state index in [4.69, 9.17) is 5.73 Å². The average molecular weight is 252 g/mol. The van der Waals surface area contributed by atoms with Gasteiger partial charge in [0.1, 0.15) is 0 Å². The van der Waals surface area contributed by atoms with E-state index in [1.165, 1.54) is 22.3 Å². The van der Waals surface area contributed by atoms with E-state index in [2.05, 4.69) is 41.3 Å². The van der Waals surface area contributed by atoms with Crippen LogP contribution in [-0.4, -0.2) is 17.4 Å². The molecular formula is C16H16N2O. The summed E-state index contributed by atoms with van der Waals surface area (Å²) in [4.78, 5) is 13.3. The molecule has 0 atom stereocenters. The van der Waals surface area contributed by atoms with E-state index in [9.17, 15) is 4.79 Å². The lowest BCUT2D eigenvalue weighted by Gasteiger charge is -2.18. The molecule has 19 heavy (non-hydrogen) atoms. The Balaban J connectivity index is 2.09. The van der Waals surface area contributed by atoms with Crippen LogP contribution in [0.4, 0.5) is 0 Å². The van der Waals surface area contributed by atoms with Gasteiger partial charge >= 0.3 is 0 Å². The van der Waals surface area contributed by atoms with Gasteiger partial charge in [-0.05, 0) is 22.3 Å². The van der Waals surface area contributed by atoms with E-state index in [-0.39, 0.29) is 5.91 Å². The van der Waals surface area contributed by atoms with Gasteiger partial charge in [0.05, 0.1) is 6.54 Å². The van der Waals surface area contributed by atoms with Gasteiger partial charge in [0, 0.05) is 13.1 Å². The number of carbonyl (C=O) groups is 1. The van der Waals surface area contributed by atoms with Crippen molar-refractivity contribution in [1.29, 1.82) is 0 Å². The molecule has 3 nitrogen and oxygen atoms in total. The minimum Gasteiger partial charge on any atom is -0.369 e. The second-order valence-electron chi connectivity index (χ2n) is 4.93. The van der Waals surface area contributed by atoms with Gasteiger partial charge in [-0.15, -0.1) is 0 Å². The molecule has 1 heterocycles. The van der Waals surface area contributed by atoms with Gasteiger partial charge in [-0.3, -0.25) is 9.69 Å². The van der Waals surface area contributed by atoms with Crippen molar-refractivity contribution in [2.45, 2.75) is 13.1 Å². The first kappa shape index (κ1) is 11.9. The molecule has 0 unspecified atom stereocenters. The summed E-state index contributed by atoms with van der Waals surface area (Å²) < 4.78 is 0. The summed E-state index contributed by atoms with van der Waals surface area (Å²) in [5, 5.41) is 0. The standard InChI is InChI=1S/C16H16N2O/c17-16(19)11-18-9-12-5-1-3-7-14(12)15-8-4-2-6-13(15)10-18/h1-8H,9-11H2,(H2,17,19). The highest BCUT2D eigenvalue weighted by Crippen LogP contribution is 2.32. The maximum Gasteiger partial charge on any atom is 0.231 e. The summed E-state index contributed by atoms with van der Waals surface area (Å²) in [5.74, 6) is -0.281. The molecule has 0 saturated heterocycles. The first-order valence-corrected chi connectivity index (χ1v) is 6.41. The molecule has 3 rings (SSSR count). The van der Waals surface area contributed by atoms with Crippen molar-refractivity contribution in [1.82, 2.24) is 4.90 Å². The second-order valence-corrected chi connectivity index (χ2v) is 4.93. The number of carbonyl (C=O) groups excluding carboxylic acids is 1. The fourth-order valence-corrected chi connectivity index (χ4v) is 2.71. The molecule has 96 valence electrons. The minimum atomic E-state index is -0.281. The van der Waals surface area contributed by atoms with Crippen molar-refractivity contribution >= 4 is 5.91 Å². The molecule has 1 aliphatic heterocycles. The number of hydrogen-bond donors (Lipinski definition) is 1.